The Morgan fingerprint density at radius 2 is 1.64 bits per heavy atom. The smallest absolute Gasteiger partial charge is 0.407 e. The molecule has 2 amide bonds. The van der Waals surface area contributed by atoms with E-state index in [9.17, 15) is 14.7 Å². The zero-order valence-electron chi connectivity index (χ0n) is 14.5. The molecule has 22 heavy (non-hydrogen) atoms. The van der Waals surface area contributed by atoms with Crippen LogP contribution in [0.15, 0.2) is 0 Å². The molecule has 0 spiro atoms. The summed E-state index contributed by atoms with van der Waals surface area (Å²) in [6.07, 6.45) is -0.562. The molecule has 0 aliphatic heterocycles. The van der Waals surface area contributed by atoms with Gasteiger partial charge in [0.15, 0.2) is 0 Å². The molecule has 7 nitrogen and oxygen atoms in total. The fourth-order valence-corrected chi connectivity index (χ4v) is 2.00. The highest BCUT2D eigenvalue weighted by Gasteiger charge is 2.44. The first kappa shape index (κ1) is 20.5. The van der Waals surface area contributed by atoms with Crippen molar-refractivity contribution >= 4 is 12.2 Å². The molecule has 0 radical (unpaired) electrons. The van der Waals surface area contributed by atoms with Crippen LogP contribution < -0.4 is 11.1 Å². The summed E-state index contributed by atoms with van der Waals surface area (Å²) in [5, 5.41) is 12.3. The normalized spacial score (nSPS) is 14.9. The van der Waals surface area contributed by atoms with E-state index in [1.807, 2.05) is 20.8 Å². The van der Waals surface area contributed by atoms with Crippen molar-refractivity contribution in [3.8, 4) is 0 Å². The summed E-state index contributed by atoms with van der Waals surface area (Å²) < 4.78 is 10.3. The molecule has 130 valence electrons. The van der Waals surface area contributed by atoms with Gasteiger partial charge in [0.1, 0.15) is 11.2 Å². The van der Waals surface area contributed by atoms with E-state index in [1.54, 1.807) is 20.8 Å². The molecule has 0 saturated heterocycles. The number of carbonyl (C=O) groups excluding carboxylic acids is 2. The number of aliphatic hydroxyl groups is 1. The van der Waals surface area contributed by atoms with Crippen molar-refractivity contribution in [1.29, 1.82) is 0 Å². The number of aliphatic hydroxyl groups excluding tert-OH is 1. The predicted molar refractivity (Wildman–Crippen MR) is 83.4 cm³/mol. The molecule has 0 aliphatic rings. The van der Waals surface area contributed by atoms with Gasteiger partial charge in [-0.05, 0) is 33.6 Å². The van der Waals surface area contributed by atoms with E-state index in [1.165, 1.54) is 0 Å². The monoisotopic (exact) mass is 318 g/mol. The Labute approximate surface area is 132 Å². The highest BCUT2D eigenvalue weighted by atomic mass is 16.6. The maximum Gasteiger partial charge on any atom is 0.407 e. The van der Waals surface area contributed by atoms with E-state index in [0.717, 1.165) is 0 Å². The minimum Gasteiger partial charge on any atom is -0.444 e. The van der Waals surface area contributed by atoms with Gasteiger partial charge in [0, 0.05) is 12.0 Å². The van der Waals surface area contributed by atoms with E-state index in [4.69, 9.17) is 15.2 Å². The largest absolute Gasteiger partial charge is 0.444 e. The minimum atomic E-state index is -1.09. The van der Waals surface area contributed by atoms with Gasteiger partial charge in [-0.1, -0.05) is 20.8 Å². The summed E-state index contributed by atoms with van der Waals surface area (Å²) in [5.74, 6) is 0. The van der Waals surface area contributed by atoms with Gasteiger partial charge >= 0.3 is 12.2 Å². The van der Waals surface area contributed by atoms with E-state index >= 15 is 0 Å². The third-order valence-corrected chi connectivity index (χ3v) is 3.34. The molecule has 0 aromatic carbocycles. The van der Waals surface area contributed by atoms with Crippen LogP contribution in [0.4, 0.5) is 9.59 Å². The number of carbonyl (C=O) groups is 2. The van der Waals surface area contributed by atoms with Crippen molar-refractivity contribution in [2.24, 2.45) is 11.1 Å². The van der Waals surface area contributed by atoms with Gasteiger partial charge in [-0.15, -0.1) is 0 Å². The summed E-state index contributed by atoms with van der Waals surface area (Å²) in [6.45, 7) is 10.9. The van der Waals surface area contributed by atoms with Gasteiger partial charge in [-0.25, -0.2) is 9.59 Å². The highest BCUT2D eigenvalue weighted by Crippen LogP contribution is 2.37. The second-order valence-electron chi connectivity index (χ2n) is 7.36. The van der Waals surface area contributed by atoms with Crippen molar-refractivity contribution in [1.82, 2.24) is 5.32 Å². The lowest BCUT2D eigenvalue weighted by Crippen LogP contribution is -2.51. The summed E-state index contributed by atoms with van der Waals surface area (Å²) in [7, 11) is 0. The van der Waals surface area contributed by atoms with E-state index in [2.05, 4.69) is 5.32 Å². The Kier molecular flexibility index (Phi) is 7.15. The lowest BCUT2D eigenvalue weighted by molar-refractivity contribution is -0.104. The maximum absolute atomic E-state index is 11.5. The fraction of sp³-hybridized carbons (Fsp3) is 0.867. The molecule has 7 heteroatoms. The number of nitrogens with one attached hydrogen (secondary N) is 1. The molecule has 0 unspecified atom stereocenters. The average Bonchev–Trinajstić information content (AvgIpc) is 2.28. The fourth-order valence-electron chi connectivity index (χ4n) is 2.00. The summed E-state index contributed by atoms with van der Waals surface area (Å²) in [4.78, 5) is 22.7. The molecular weight excluding hydrogens is 288 g/mol. The second-order valence-corrected chi connectivity index (χ2v) is 7.36. The number of hydrogen-bond donors (Lipinski definition) is 3. The molecular formula is C15H30N2O5. The lowest BCUT2D eigenvalue weighted by atomic mass is 9.74. The van der Waals surface area contributed by atoms with Crippen LogP contribution in [0.1, 0.15) is 54.4 Å². The number of alkyl carbamates (subject to hydrolysis) is 1. The van der Waals surface area contributed by atoms with Gasteiger partial charge in [-0.2, -0.15) is 0 Å². The van der Waals surface area contributed by atoms with Crippen LogP contribution in [0.2, 0.25) is 0 Å². The van der Waals surface area contributed by atoms with Crippen molar-refractivity contribution in [3.05, 3.63) is 0 Å². The van der Waals surface area contributed by atoms with Crippen molar-refractivity contribution in [2.45, 2.75) is 65.6 Å². The van der Waals surface area contributed by atoms with Gasteiger partial charge in [0.05, 0.1) is 6.61 Å². The first-order valence-electron chi connectivity index (χ1n) is 7.39. The Morgan fingerprint density at radius 1 is 1.09 bits per heavy atom. The number of nitrogens with two attached hydrogens (primary N) is 1. The Balaban J connectivity index is 4.54. The van der Waals surface area contributed by atoms with Crippen LogP contribution >= 0.6 is 0 Å². The van der Waals surface area contributed by atoms with Crippen molar-refractivity contribution < 1.29 is 24.2 Å². The molecule has 0 aromatic rings. The van der Waals surface area contributed by atoms with Crippen LogP contribution in [0, 0.1) is 5.41 Å². The average molecular weight is 318 g/mol. The summed E-state index contributed by atoms with van der Waals surface area (Å²) >= 11 is 0. The summed E-state index contributed by atoms with van der Waals surface area (Å²) in [5.41, 5.74) is 2.97. The number of amides is 2. The maximum atomic E-state index is 11.5. The first-order chi connectivity index (χ1) is 9.83. The lowest BCUT2D eigenvalue weighted by Gasteiger charge is -2.42. The van der Waals surface area contributed by atoms with Gasteiger partial charge in [0.2, 0.25) is 0 Å². The van der Waals surface area contributed by atoms with E-state index < -0.39 is 28.8 Å². The number of ether oxygens (including phenoxy) is 2. The van der Waals surface area contributed by atoms with Gasteiger partial charge in [-0.3, -0.25) is 0 Å². The topological polar surface area (TPSA) is 111 Å². The Morgan fingerprint density at radius 3 is 2.00 bits per heavy atom. The van der Waals surface area contributed by atoms with Crippen molar-refractivity contribution in [2.75, 3.05) is 13.2 Å². The third-order valence-electron chi connectivity index (χ3n) is 3.34. The quantitative estimate of drug-likeness (QED) is 0.650. The van der Waals surface area contributed by atoms with Crippen LogP contribution in [0.5, 0.6) is 0 Å². The minimum absolute atomic E-state index is 0.341. The predicted octanol–water partition coefficient (Wildman–Crippen LogP) is 2.16. The van der Waals surface area contributed by atoms with E-state index in [-0.39, 0.29) is 6.61 Å². The number of rotatable bonds is 6. The molecule has 0 heterocycles. The van der Waals surface area contributed by atoms with Crippen molar-refractivity contribution in [3.63, 3.8) is 0 Å². The summed E-state index contributed by atoms with van der Waals surface area (Å²) in [6, 6.07) is 0. The molecule has 4 N–H and O–H groups in total. The van der Waals surface area contributed by atoms with E-state index in [0.29, 0.717) is 19.4 Å². The third kappa shape index (κ3) is 6.98. The molecule has 0 rings (SSSR count). The Hall–Kier alpha value is -1.50. The zero-order chi connectivity index (χ0) is 17.6. The van der Waals surface area contributed by atoms with Gasteiger partial charge in [0.25, 0.3) is 0 Å². The highest BCUT2D eigenvalue weighted by molar-refractivity contribution is 5.67. The number of hydrogen-bond acceptors (Lipinski definition) is 5. The number of primary amides is 1. The Bertz CT molecular complexity index is 384. The molecule has 0 aliphatic carbocycles. The molecule has 0 aromatic heterocycles. The zero-order valence-corrected chi connectivity index (χ0v) is 14.5. The first-order valence-corrected chi connectivity index (χ1v) is 7.39. The molecule has 0 bridgehead atoms. The van der Waals surface area contributed by atoms with Crippen LogP contribution in [-0.2, 0) is 9.47 Å². The van der Waals surface area contributed by atoms with Crippen LogP contribution in [0.25, 0.3) is 0 Å². The molecule has 0 saturated carbocycles. The van der Waals surface area contributed by atoms with Crippen LogP contribution in [-0.4, -0.2) is 41.6 Å². The molecule has 0 fully saturated rings. The van der Waals surface area contributed by atoms with Gasteiger partial charge < -0.3 is 25.6 Å². The second kappa shape index (κ2) is 7.67. The standard InChI is InChI=1S/C15H30N2O5/c1-13(2,3)15(10-18,21-11(16)19)8-7-9-17-12(20)22-14(4,5)6/h18H,7-10H2,1-6H3,(H2,16,19)(H,17,20)/t15-/m1/s1. The van der Waals surface area contributed by atoms with Crippen LogP contribution in [0.3, 0.4) is 0 Å². The SMILES string of the molecule is CC(C)(C)OC(=O)NCCC[C@](CO)(OC(N)=O)C(C)(C)C. The molecule has 1 atom stereocenters.